The zero-order valence-electron chi connectivity index (χ0n) is 7.94. The first-order chi connectivity index (χ1) is 6.30. The molecule has 78 valence electrons. The maximum atomic E-state index is 11.1. The summed E-state index contributed by atoms with van der Waals surface area (Å²) in [4.78, 5) is 13.3. The molecule has 3 N–H and O–H groups in total. The molecule has 0 aliphatic carbocycles. The van der Waals surface area contributed by atoms with Crippen LogP contribution in [0.4, 0.5) is 0 Å². The number of pyridine rings is 1. The molecule has 0 fully saturated rings. The molecule has 5 nitrogen and oxygen atoms in total. The fourth-order valence-electron chi connectivity index (χ4n) is 1.00. The molecular formula is C8H12N2O3S. The molecular weight excluding hydrogens is 204 g/mol. The second-order valence-electron chi connectivity index (χ2n) is 3.20. The number of rotatable bonds is 2. The van der Waals surface area contributed by atoms with E-state index in [0.717, 1.165) is 6.26 Å². The molecule has 0 aromatic carbocycles. The lowest BCUT2D eigenvalue weighted by Gasteiger charge is -2.06. The SMILES string of the molecule is C[C@H](N)c1cc(S(C)(=O)=O)[nH]c(=O)c1. The summed E-state index contributed by atoms with van der Waals surface area (Å²) in [6, 6.07) is 2.30. The van der Waals surface area contributed by atoms with Crippen molar-refractivity contribution in [3.05, 3.63) is 28.0 Å². The van der Waals surface area contributed by atoms with Crippen LogP contribution >= 0.6 is 0 Å². The highest BCUT2D eigenvalue weighted by atomic mass is 32.2. The van der Waals surface area contributed by atoms with Gasteiger partial charge in [0.25, 0.3) is 0 Å². The number of hydrogen-bond acceptors (Lipinski definition) is 4. The van der Waals surface area contributed by atoms with Gasteiger partial charge in [0.2, 0.25) is 5.56 Å². The highest BCUT2D eigenvalue weighted by Gasteiger charge is 2.11. The number of nitrogens with one attached hydrogen (secondary N) is 1. The lowest BCUT2D eigenvalue weighted by molar-refractivity contribution is 0.597. The van der Waals surface area contributed by atoms with Crippen molar-refractivity contribution >= 4 is 9.84 Å². The van der Waals surface area contributed by atoms with Crippen LogP contribution in [-0.2, 0) is 9.84 Å². The van der Waals surface area contributed by atoms with Crippen molar-refractivity contribution in [1.82, 2.24) is 4.98 Å². The molecule has 0 aliphatic rings. The van der Waals surface area contributed by atoms with Crippen LogP contribution in [0.15, 0.2) is 22.0 Å². The minimum absolute atomic E-state index is 0.0997. The maximum Gasteiger partial charge on any atom is 0.249 e. The van der Waals surface area contributed by atoms with Gasteiger partial charge in [-0.1, -0.05) is 0 Å². The van der Waals surface area contributed by atoms with Gasteiger partial charge in [-0.2, -0.15) is 0 Å². The molecule has 1 aromatic heterocycles. The summed E-state index contributed by atoms with van der Waals surface area (Å²) < 4.78 is 22.3. The van der Waals surface area contributed by atoms with Gasteiger partial charge in [0, 0.05) is 18.4 Å². The second kappa shape index (κ2) is 3.55. The van der Waals surface area contributed by atoms with E-state index in [0.29, 0.717) is 5.56 Å². The van der Waals surface area contributed by atoms with Crippen molar-refractivity contribution in [2.75, 3.05) is 6.26 Å². The Morgan fingerprint density at radius 3 is 2.43 bits per heavy atom. The van der Waals surface area contributed by atoms with Gasteiger partial charge in [-0.15, -0.1) is 0 Å². The summed E-state index contributed by atoms with van der Waals surface area (Å²) in [5.74, 6) is 0. The monoisotopic (exact) mass is 216 g/mol. The topological polar surface area (TPSA) is 93.0 Å². The Morgan fingerprint density at radius 2 is 2.00 bits per heavy atom. The van der Waals surface area contributed by atoms with Crippen molar-refractivity contribution in [2.24, 2.45) is 5.73 Å². The van der Waals surface area contributed by atoms with Gasteiger partial charge in [0.05, 0.1) is 0 Å². The minimum Gasteiger partial charge on any atom is -0.324 e. The van der Waals surface area contributed by atoms with E-state index in [9.17, 15) is 13.2 Å². The van der Waals surface area contributed by atoms with Crippen LogP contribution in [0.2, 0.25) is 0 Å². The number of H-pyrrole nitrogens is 1. The number of sulfone groups is 1. The fraction of sp³-hybridized carbons (Fsp3) is 0.375. The van der Waals surface area contributed by atoms with Crippen molar-refractivity contribution in [3.63, 3.8) is 0 Å². The van der Waals surface area contributed by atoms with E-state index in [2.05, 4.69) is 4.98 Å². The molecule has 0 saturated heterocycles. The van der Waals surface area contributed by atoms with Crippen molar-refractivity contribution in [1.29, 1.82) is 0 Å². The molecule has 0 amide bonds. The zero-order valence-corrected chi connectivity index (χ0v) is 8.76. The van der Waals surface area contributed by atoms with Gasteiger partial charge in [-0.05, 0) is 18.6 Å². The Bertz CT molecular complexity index is 488. The average molecular weight is 216 g/mol. The molecule has 1 heterocycles. The van der Waals surface area contributed by atoms with E-state index in [-0.39, 0.29) is 11.1 Å². The van der Waals surface area contributed by atoms with Crippen LogP contribution in [0.5, 0.6) is 0 Å². The van der Waals surface area contributed by atoms with Gasteiger partial charge in [0.15, 0.2) is 9.84 Å². The molecule has 14 heavy (non-hydrogen) atoms. The Labute approximate surface area is 81.9 Å². The standard InChI is InChI=1S/C8H12N2O3S/c1-5(9)6-3-7(11)10-8(4-6)14(2,12)13/h3-5H,9H2,1-2H3,(H,10,11)/t5-/m0/s1. The third-order valence-electron chi connectivity index (χ3n) is 1.77. The first-order valence-corrected chi connectivity index (χ1v) is 5.90. The summed E-state index contributed by atoms with van der Waals surface area (Å²) in [7, 11) is -3.39. The molecule has 1 rings (SSSR count). The molecule has 0 spiro atoms. The molecule has 0 aliphatic heterocycles. The Kier molecular flexibility index (Phi) is 2.77. The first kappa shape index (κ1) is 10.9. The highest BCUT2D eigenvalue weighted by Crippen LogP contribution is 2.10. The van der Waals surface area contributed by atoms with Crippen LogP contribution in [0.1, 0.15) is 18.5 Å². The molecule has 1 aromatic rings. The summed E-state index contributed by atoms with van der Waals surface area (Å²) in [5.41, 5.74) is 5.60. The molecule has 1 atom stereocenters. The third kappa shape index (κ3) is 2.43. The van der Waals surface area contributed by atoms with Crippen molar-refractivity contribution in [2.45, 2.75) is 18.0 Å². The number of aromatic amines is 1. The third-order valence-corrected chi connectivity index (χ3v) is 2.79. The normalized spacial score (nSPS) is 13.9. The van der Waals surface area contributed by atoms with Gasteiger partial charge < -0.3 is 10.7 Å². The van der Waals surface area contributed by atoms with Crippen molar-refractivity contribution < 1.29 is 8.42 Å². The number of hydrogen-bond donors (Lipinski definition) is 2. The van der Waals surface area contributed by atoms with Crippen LogP contribution in [0, 0.1) is 0 Å². The van der Waals surface area contributed by atoms with Gasteiger partial charge in [-0.25, -0.2) is 8.42 Å². The van der Waals surface area contributed by atoms with Gasteiger partial charge in [0.1, 0.15) is 5.03 Å². The molecule has 0 bridgehead atoms. The van der Waals surface area contributed by atoms with E-state index in [4.69, 9.17) is 5.73 Å². The van der Waals surface area contributed by atoms with Crippen LogP contribution in [0.3, 0.4) is 0 Å². The molecule has 0 radical (unpaired) electrons. The zero-order chi connectivity index (χ0) is 10.9. The maximum absolute atomic E-state index is 11.1. The van der Waals surface area contributed by atoms with Crippen LogP contribution in [-0.4, -0.2) is 19.7 Å². The van der Waals surface area contributed by atoms with Crippen LogP contribution in [0.25, 0.3) is 0 Å². The fourth-order valence-corrected chi connectivity index (χ4v) is 1.64. The van der Waals surface area contributed by atoms with E-state index in [1.807, 2.05) is 0 Å². The Hall–Kier alpha value is -1.14. The predicted octanol–water partition coefficient (Wildman–Crippen LogP) is -0.202. The molecule has 6 heteroatoms. The van der Waals surface area contributed by atoms with E-state index in [1.165, 1.54) is 12.1 Å². The quantitative estimate of drug-likeness (QED) is 0.715. The summed E-state index contributed by atoms with van der Waals surface area (Å²) in [6.45, 7) is 1.68. The Morgan fingerprint density at radius 1 is 1.43 bits per heavy atom. The van der Waals surface area contributed by atoms with Crippen molar-refractivity contribution in [3.8, 4) is 0 Å². The summed E-state index contributed by atoms with van der Waals surface area (Å²) in [6.07, 6.45) is 1.03. The minimum atomic E-state index is -3.39. The highest BCUT2D eigenvalue weighted by molar-refractivity contribution is 7.90. The Balaban J connectivity index is 3.43. The largest absolute Gasteiger partial charge is 0.324 e. The predicted molar refractivity (Wildman–Crippen MR) is 52.8 cm³/mol. The second-order valence-corrected chi connectivity index (χ2v) is 5.19. The van der Waals surface area contributed by atoms with E-state index < -0.39 is 15.4 Å². The average Bonchev–Trinajstić information content (AvgIpc) is 2.01. The number of nitrogens with two attached hydrogens (primary N) is 1. The smallest absolute Gasteiger partial charge is 0.249 e. The lowest BCUT2D eigenvalue weighted by Crippen LogP contribution is -2.16. The first-order valence-electron chi connectivity index (χ1n) is 4.00. The van der Waals surface area contributed by atoms with E-state index >= 15 is 0 Å². The summed E-state index contributed by atoms with van der Waals surface area (Å²) in [5, 5.41) is -0.0997. The van der Waals surface area contributed by atoms with Gasteiger partial charge in [-0.3, -0.25) is 4.79 Å². The van der Waals surface area contributed by atoms with E-state index in [1.54, 1.807) is 6.92 Å². The lowest BCUT2D eigenvalue weighted by atomic mass is 10.1. The molecule has 0 unspecified atom stereocenters. The van der Waals surface area contributed by atoms with Gasteiger partial charge >= 0.3 is 0 Å². The van der Waals surface area contributed by atoms with Crippen LogP contribution < -0.4 is 11.3 Å². The molecule has 0 saturated carbocycles. The summed E-state index contributed by atoms with van der Waals surface area (Å²) >= 11 is 0. The number of aromatic nitrogens is 1.